The van der Waals surface area contributed by atoms with E-state index in [0.717, 1.165) is 15.7 Å². The van der Waals surface area contributed by atoms with Crippen molar-refractivity contribution >= 4 is 21.6 Å². The molecule has 0 aliphatic rings. The Labute approximate surface area is 136 Å². The molecule has 0 aliphatic heterocycles. The number of halogens is 1. The van der Waals surface area contributed by atoms with Gasteiger partial charge in [0.2, 0.25) is 0 Å². The third kappa shape index (κ3) is 3.00. The number of hydrogen-bond donors (Lipinski definition) is 0. The fourth-order valence-electron chi connectivity index (χ4n) is 2.17. The molecule has 6 heteroatoms. The lowest BCUT2D eigenvalue weighted by Crippen LogP contribution is -2.28. The molecule has 2 aromatic carbocycles. The van der Waals surface area contributed by atoms with Gasteiger partial charge in [0.25, 0.3) is 0 Å². The summed E-state index contributed by atoms with van der Waals surface area (Å²) in [4.78, 5) is 0. The van der Waals surface area contributed by atoms with Crippen LogP contribution in [-0.4, -0.2) is 14.9 Å². The zero-order valence-corrected chi connectivity index (χ0v) is 13.2. The minimum atomic E-state index is 0.601. The summed E-state index contributed by atoms with van der Waals surface area (Å²) in [5.74, 6) is 0. The Hall–Kier alpha value is -2.65. The number of benzene rings is 2. The Kier molecular flexibility index (Phi) is 4.17. The van der Waals surface area contributed by atoms with Gasteiger partial charge in [-0.3, -0.25) is 5.01 Å². The van der Waals surface area contributed by atoms with Crippen molar-refractivity contribution < 1.29 is 0 Å². The largest absolute Gasteiger partial charge is 0.273 e. The topological polar surface area (TPSA) is 57.7 Å². The first-order chi connectivity index (χ1) is 10.8. The molecule has 108 valence electrons. The van der Waals surface area contributed by atoms with E-state index >= 15 is 0 Å². The molecule has 22 heavy (non-hydrogen) atoms. The second-order valence-electron chi connectivity index (χ2n) is 4.65. The molecular formula is C16H12BrN5. The standard InChI is InChI=1S/C16H12BrN5/c17-15-7-5-13(6-8-15)10-22(21-11-19-20-12-21)16-4-2-1-3-14(16)9-18/h1-8,11-12H,10H2. The van der Waals surface area contributed by atoms with E-state index in [1.165, 1.54) is 0 Å². The minimum absolute atomic E-state index is 0.601. The molecule has 0 spiro atoms. The summed E-state index contributed by atoms with van der Waals surface area (Å²) in [5.41, 5.74) is 2.53. The highest BCUT2D eigenvalue weighted by Gasteiger charge is 2.13. The number of hydrogen-bond acceptors (Lipinski definition) is 4. The van der Waals surface area contributed by atoms with E-state index in [4.69, 9.17) is 0 Å². The Bertz CT molecular complexity index is 790. The number of anilines is 1. The van der Waals surface area contributed by atoms with Gasteiger partial charge in [-0.1, -0.05) is 40.2 Å². The van der Waals surface area contributed by atoms with Crippen molar-refractivity contribution in [2.45, 2.75) is 6.54 Å². The summed E-state index contributed by atoms with van der Waals surface area (Å²) in [7, 11) is 0. The van der Waals surface area contributed by atoms with Gasteiger partial charge in [0.05, 0.1) is 17.8 Å². The van der Waals surface area contributed by atoms with Crippen LogP contribution >= 0.6 is 15.9 Å². The molecule has 0 radical (unpaired) electrons. The van der Waals surface area contributed by atoms with Crippen molar-refractivity contribution in [1.82, 2.24) is 14.9 Å². The van der Waals surface area contributed by atoms with E-state index < -0.39 is 0 Å². The fourth-order valence-corrected chi connectivity index (χ4v) is 2.43. The van der Waals surface area contributed by atoms with Crippen LogP contribution in [0.3, 0.4) is 0 Å². The van der Waals surface area contributed by atoms with Crippen molar-refractivity contribution in [2.24, 2.45) is 0 Å². The second kappa shape index (κ2) is 6.41. The minimum Gasteiger partial charge on any atom is -0.273 e. The van der Waals surface area contributed by atoms with Gasteiger partial charge in [-0.15, -0.1) is 10.2 Å². The maximum absolute atomic E-state index is 9.34. The predicted molar refractivity (Wildman–Crippen MR) is 86.9 cm³/mol. The average Bonchev–Trinajstić information content (AvgIpc) is 3.08. The Morgan fingerprint density at radius 3 is 2.41 bits per heavy atom. The Morgan fingerprint density at radius 1 is 1.05 bits per heavy atom. The van der Waals surface area contributed by atoms with Crippen molar-refractivity contribution in [1.29, 1.82) is 5.26 Å². The lowest BCUT2D eigenvalue weighted by molar-refractivity contribution is 0.685. The summed E-state index contributed by atoms with van der Waals surface area (Å²) in [5, 5.41) is 19.0. The van der Waals surface area contributed by atoms with Crippen molar-refractivity contribution in [3.63, 3.8) is 0 Å². The number of rotatable bonds is 4. The van der Waals surface area contributed by atoms with Gasteiger partial charge in [0.15, 0.2) is 0 Å². The van der Waals surface area contributed by atoms with E-state index in [2.05, 4.69) is 32.2 Å². The zero-order chi connectivity index (χ0) is 15.4. The van der Waals surface area contributed by atoms with Crippen LogP contribution in [0.2, 0.25) is 0 Å². The summed E-state index contributed by atoms with van der Waals surface area (Å²) in [6, 6.07) is 17.8. The van der Waals surface area contributed by atoms with Crippen LogP contribution < -0.4 is 5.01 Å². The molecule has 0 bridgehead atoms. The van der Waals surface area contributed by atoms with Gasteiger partial charge >= 0.3 is 0 Å². The molecule has 0 N–H and O–H groups in total. The van der Waals surface area contributed by atoms with Crippen LogP contribution in [0.1, 0.15) is 11.1 Å². The van der Waals surface area contributed by atoms with E-state index in [1.807, 2.05) is 47.5 Å². The molecule has 1 aromatic heterocycles. The average molecular weight is 354 g/mol. The molecule has 3 rings (SSSR count). The lowest BCUT2D eigenvalue weighted by Gasteiger charge is -2.25. The number of nitriles is 1. The molecule has 3 aromatic rings. The molecule has 0 saturated heterocycles. The van der Waals surface area contributed by atoms with Gasteiger partial charge < -0.3 is 0 Å². The molecule has 0 saturated carbocycles. The van der Waals surface area contributed by atoms with Crippen LogP contribution in [0, 0.1) is 11.3 Å². The van der Waals surface area contributed by atoms with E-state index in [1.54, 1.807) is 23.4 Å². The number of para-hydroxylation sites is 1. The summed E-state index contributed by atoms with van der Waals surface area (Å²) in [6.07, 6.45) is 3.24. The monoisotopic (exact) mass is 353 g/mol. The van der Waals surface area contributed by atoms with Gasteiger partial charge in [-0.25, -0.2) is 4.68 Å². The van der Waals surface area contributed by atoms with E-state index in [9.17, 15) is 5.26 Å². The van der Waals surface area contributed by atoms with Crippen LogP contribution in [0.4, 0.5) is 5.69 Å². The van der Waals surface area contributed by atoms with Gasteiger partial charge in [0.1, 0.15) is 18.7 Å². The Balaban J connectivity index is 2.01. The number of nitrogens with zero attached hydrogens (tertiary/aromatic N) is 5. The van der Waals surface area contributed by atoms with Crippen LogP contribution in [0.5, 0.6) is 0 Å². The van der Waals surface area contributed by atoms with Crippen LogP contribution in [0.25, 0.3) is 0 Å². The summed E-state index contributed by atoms with van der Waals surface area (Å²) < 4.78 is 2.81. The van der Waals surface area contributed by atoms with Crippen molar-refractivity contribution in [3.05, 3.63) is 76.8 Å². The summed E-state index contributed by atoms with van der Waals surface area (Å²) >= 11 is 3.44. The van der Waals surface area contributed by atoms with Crippen LogP contribution in [-0.2, 0) is 6.54 Å². The second-order valence-corrected chi connectivity index (χ2v) is 5.57. The molecule has 0 aliphatic carbocycles. The van der Waals surface area contributed by atoms with E-state index in [-0.39, 0.29) is 0 Å². The van der Waals surface area contributed by atoms with E-state index in [0.29, 0.717) is 12.1 Å². The lowest BCUT2D eigenvalue weighted by atomic mass is 10.1. The highest BCUT2D eigenvalue weighted by molar-refractivity contribution is 9.10. The molecule has 5 nitrogen and oxygen atoms in total. The number of aromatic nitrogens is 3. The highest BCUT2D eigenvalue weighted by atomic mass is 79.9. The zero-order valence-electron chi connectivity index (χ0n) is 11.6. The Morgan fingerprint density at radius 2 is 1.73 bits per heavy atom. The third-order valence-electron chi connectivity index (χ3n) is 3.23. The van der Waals surface area contributed by atoms with Crippen molar-refractivity contribution in [3.8, 4) is 6.07 Å². The van der Waals surface area contributed by atoms with Gasteiger partial charge in [-0.05, 0) is 29.8 Å². The first-order valence-corrected chi connectivity index (χ1v) is 7.43. The molecule has 0 atom stereocenters. The maximum atomic E-state index is 9.34. The molecule has 0 unspecified atom stereocenters. The van der Waals surface area contributed by atoms with Crippen LogP contribution in [0.15, 0.2) is 65.7 Å². The predicted octanol–water partition coefficient (Wildman–Crippen LogP) is 3.38. The quantitative estimate of drug-likeness (QED) is 0.721. The normalized spacial score (nSPS) is 10.2. The first-order valence-electron chi connectivity index (χ1n) is 6.64. The molecular weight excluding hydrogens is 342 g/mol. The first kappa shape index (κ1) is 14.3. The van der Waals surface area contributed by atoms with Gasteiger partial charge in [-0.2, -0.15) is 5.26 Å². The SMILES string of the molecule is N#Cc1ccccc1N(Cc1ccc(Br)cc1)n1cnnc1. The molecule has 0 amide bonds. The highest BCUT2D eigenvalue weighted by Crippen LogP contribution is 2.23. The molecule has 1 heterocycles. The van der Waals surface area contributed by atoms with Crippen molar-refractivity contribution in [2.75, 3.05) is 5.01 Å². The molecule has 0 fully saturated rings. The smallest absolute Gasteiger partial charge is 0.139 e. The maximum Gasteiger partial charge on any atom is 0.139 e. The third-order valence-corrected chi connectivity index (χ3v) is 3.76. The van der Waals surface area contributed by atoms with Gasteiger partial charge in [0, 0.05) is 4.47 Å². The fraction of sp³-hybridized carbons (Fsp3) is 0.0625. The summed E-state index contributed by atoms with van der Waals surface area (Å²) in [6.45, 7) is 0.601.